The third-order valence-corrected chi connectivity index (χ3v) is 0.687. The molecule has 84 valence electrons. The summed E-state index contributed by atoms with van der Waals surface area (Å²) < 4.78 is 0. The lowest BCUT2D eigenvalue weighted by atomic mass is 10.3. The van der Waals surface area contributed by atoms with Crippen molar-refractivity contribution in [3.63, 3.8) is 0 Å². The fourth-order valence-corrected chi connectivity index (χ4v) is 0.204. The van der Waals surface area contributed by atoms with Crippen LogP contribution in [0.3, 0.4) is 0 Å². The van der Waals surface area contributed by atoms with E-state index >= 15 is 0 Å². The van der Waals surface area contributed by atoms with Gasteiger partial charge in [0.1, 0.15) is 7.11 Å². The fourth-order valence-electron chi connectivity index (χ4n) is 0.204. The summed E-state index contributed by atoms with van der Waals surface area (Å²) in [7, 11) is 1.45. The maximum absolute atomic E-state index is 5.14. The zero-order chi connectivity index (χ0) is 11.5. The van der Waals surface area contributed by atoms with E-state index in [1.165, 1.54) is 20.0 Å². The summed E-state index contributed by atoms with van der Waals surface area (Å²) >= 11 is 0. The van der Waals surface area contributed by atoms with Gasteiger partial charge in [-0.1, -0.05) is 41.0 Å². The van der Waals surface area contributed by atoms with Gasteiger partial charge in [-0.25, -0.2) is 0 Å². The van der Waals surface area contributed by atoms with Gasteiger partial charge in [0.25, 0.3) is 0 Å². The largest absolute Gasteiger partial charge is 0.400 e. The molecule has 0 rings (SSSR count). The molecule has 0 aromatic rings. The second-order valence-electron chi connectivity index (χ2n) is 1.45. The molecule has 3 nitrogen and oxygen atoms in total. The van der Waals surface area contributed by atoms with E-state index in [1.54, 1.807) is 0 Å². The summed E-state index contributed by atoms with van der Waals surface area (Å²) in [5.74, 6) is 0. The molecule has 0 radical (unpaired) electrons. The number of oxime groups is 1. The molecule has 0 fully saturated rings. The number of hydrogen-bond acceptors (Lipinski definition) is 3. The van der Waals surface area contributed by atoms with Gasteiger partial charge in [0.2, 0.25) is 0 Å². The van der Waals surface area contributed by atoms with Crippen LogP contribution in [-0.2, 0) is 4.84 Å². The Morgan fingerprint density at radius 2 is 1.54 bits per heavy atom. The Morgan fingerprint density at radius 1 is 1.23 bits per heavy atom. The van der Waals surface area contributed by atoms with Crippen molar-refractivity contribution in [2.75, 3.05) is 13.7 Å². The molecule has 0 atom stereocenters. The minimum atomic E-state index is 0.844. The monoisotopic (exact) mass is 192 g/mol. The summed E-state index contributed by atoms with van der Waals surface area (Å²) in [5.41, 5.74) is 5.14. The van der Waals surface area contributed by atoms with Crippen molar-refractivity contribution >= 4 is 6.72 Å². The lowest BCUT2D eigenvalue weighted by molar-refractivity contribution is 0.217. The smallest absolute Gasteiger partial charge is 0.106 e. The molecule has 0 bridgehead atoms. The van der Waals surface area contributed by atoms with Gasteiger partial charge < -0.3 is 10.6 Å². The van der Waals surface area contributed by atoms with Crippen molar-refractivity contribution in [3.8, 4) is 0 Å². The van der Waals surface area contributed by atoms with Gasteiger partial charge in [-0.2, -0.15) is 0 Å². The zero-order valence-corrected chi connectivity index (χ0v) is 10.3. The molecule has 0 spiro atoms. The fraction of sp³-hybridized carbons (Fsp3) is 0.900. The highest BCUT2D eigenvalue weighted by Gasteiger charge is 1.67. The minimum absolute atomic E-state index is 0.844. The van der Waals surface area contributed by atoms with E-state index < -0.39 is 0 Å². The van der Waals surface area contributed by atoms with Crippen LogP contribution in [0.15, 0.2) is 5.16 Å². The molecule has 0 aromatic heterocycles. The summed E-state index contributed by atoms with van der Waals surface area (Å²) in [5, 5.41) is 2.99. The number of nitrogens with zero attached hydrogens (tertiary/aromatic N) is 1. The van der Waals surface area contributed by atoms with Crippen molar-refractivity contribution in [2.24, 2.45) is 10.9 Å². The summed E-state index contributed by atoms with van der Waals surface area (Å²) in [4.78, 5) is 4.06. The highest BCUT2D eigenvalue weighted by Crippen LogP contribution is 1.77. The Balaban J connectivity index is -0.0000000457. The Bertz CT molecular complexity index is 48.2. The van der Waals surface area contributed by atoms with Crippen LogP contribution in [0, 0.1) is 0 Å². The van der Waals surface area contributed by atoms with Gasteiger partial charge in [0, 0.05) is 6.72 Å². The average Bonchev–Trinajstić information content (AvgIpc) is 2.25. The maximum atomic E-state index is 5.14. The zero-order valence-electron chi connectivity index (χ0n) is 10.3. The number of nitrogens with two attached hydrogens (primary N) is 1. The van der Waals surface area contributed by atoms with Crippen LogP contribution in [0.2, 0.25) is 0 Å². The van der Waals surface area contributed by atoms with Crippen molar-refractivity contribution in [1.82, 2.24) is 0 Å². The number of hydrogen-bond donors (Lipinski definition) is 1. The minimum Gasteiger partial charge on any atom is -0.400 e. The molecular weight excluding hydrogens is 164 g/mol. The second kappa shape index (κ2) is 63.4. The van der Waals surface area contributed by atoms with E-state index in [0.29, 0.717) is 0 Å². The highest BCUT2D eigenvalue weighted by molar-refractivity contribution is 5.21. The van der Waals surface area contributed by atoms with Crippen molar-refractivity contribution < 1.29 is 4.84 Å². The van der Waals surface area contributed by atoms with Crippen molar-refractivity contribution in [1.29, 1.82) is 0 Å². The molecule has 13 heavy (non-hydrogen) atoms. The normalized spacial score (nSPS) is 5.77. The van der Waals surface area contributed by atoms with E-state index in [1.807, 2.05) is 27.7 Å². The first-order valence-corrected chi connectivity index (χ1v) is 5.02. The maximum Gasteiger partial charge on any atom is 0.106 e. The van der Waals surface area contributed by atoms with Crippen LogP contribution < -0.4 is 5.73 Å². The molecule has 0 unspecified atom stereocenters. The molecule has 0 amide bonds. The molecule has 2 N–H and O–H groups in total. The topological polar surface area (TPSA) is 47.6 Å². The lowest BCUT2D eigenvalue weighted by Crippen LogP contribution is -1.95. The molecule has 0 saturated heterocycles. The van der Waals surface area contributed by atoms with Gasteiger partial charge in [-0.3, -0.25) is 0 Å². The SMILES string of the molecule is C=NOC.CC.CC.CCCCN. The van der Waals surface area contributed by atoms with E-state index in [2.05, 4.69) is 23.6 Å². The first-order valence-electron chi connectivity index (χ1n) is 5.02. The first kappa shape index (κ1) is 22.9. The average molecular weight is 192 g/mol. The van der Waals surface area contributed by atoms with E-state index in [-0.39, 0.29) is 0 Å². The van der Waals surface area contributed by atoms with Crippen LogP contribution in [-0.4, -0.2) is 20.4 Å². The lowest BCUT2D eigenvalue weighted by Gasteiger charge is -1.80. The predicted molar refractivity (Wildman–Crippen MR) is 63.2 cm³/mol. The molecule has 0 aromatic carbocycles. The van der Waals surface area contributed by atoms with Crippen molar-refractivity contribution in [3.05, 3.63) is 0 Å². The molecule has 0 aliphatic carbocycles. The van der Waals surface area contributed by atoms with E-state index in [9.17, 15) is 0 Å². The Labute approximate surface area is 84.3 Å². The Hall–Kier alpha value is -0.570. The van der Waals surface area contributed by atoms with Gasteiger partial charge in [-0.15, -0.1) is 5.16 Å². The van der Waals surface area contributed by atoms with E-state index in [4.69, 9.17) is 5.73 Å². The van der Waals surface area contributed by atoms with Crippen molar-refractivity contribution in [2.45, 2.75) is 47.5 Å². The summed E-state index contributed by atoms with van der Waals surface area (Å²) in [6, 6.07) is 0. The molecule has 0 aliphatic rings. The van der Waals surface area contributed by atoms with Crippen LogP contribution >= 0.6 is 0 Å². The second-order valence-corrected chi connectivity index (χ2v) is 1.45. The highest BCUT2D eigenvalue weighted by atomic mass is 16.6. The number of unbranched alkanes of at least 4 members (excludes halogenated alkanes) is 1. The molecule has 0 aliphatic heterocycles. The van der Waals surface area contributed by atoms with Crippen LogP contribution in [0.5, 0.6) is 0 Å². The Kier molecular flexibility index (Phi) is 111. The van der Waals surface area contributed by atoms with Gasteiger partial charge in [-0.05, 0) is 13.0 Å². The Morgan fingerprint density at radius 3 is 1.54 bits per heavy atom. The molecule has 3 heteroatoms. The summed E-state index contributed by atoms with van der Waals surface area (Å²) in [6.45, 7) is 14.0. The summed E-state index contributed by atoms with van der Waals surface area (Å²) in [6.07, 6.45) is 2.39. The standard InChI is InChI=1S/C4H11N.C2H5NO.2C2H6/c1-2-3-4-5;1-3-4-2;2*1-2/h2-5H2,1H3;1H2,2H3;2*1-2H3. The van der Waals surface area contributed by atoms with E-state index in [0.717, 1.165) is 6.54 Å². The third kappa shape index (κ3) is 172. The predicted octanol–water partition coefficient (Wildman–Crippen LogP) is 3.05. The van der Waals surface area contributed by atoms with Gasteiger partial charge >= 0.3 is 0 Å². The van der Waals surface area contributed by atoms with Gasteiger partial charge in [0.15, 0.2) is 0 Å². The quantitative estimate of drug-likeness (QED) is 0.552. The van der Waals surface area contributed by atoms with Crippen LogP contribution in [0.1, 0.15) is 47.5 Å². The number of rotatable bonds is 3. The van der Waals surface area contributed by atoms with Crippen LogP contribution in [0.25, 0.3) is 0 Å². The third-order valence-electron chi connectivity index (χ3n) is 0.687. The molecule has 0 heterocycles. The van der Waals surface area contributed by atoms with Gasteiger partial charge in [0.05, 0.1) is 0 Å². The molecular formula is C10H28N2O. The first-order chi connectivity index (χ1) is 6.33. The molecule has 0 saturated carbocycles. The van der Waals surface area contributed by atoms with Crippen LogP contribution in [0.4, 0.5) is 0 Å².